The third-order valence-corrected chi connectivity index (χ3v) is 6.11. The molecule has 1 fully saturated rings. The second-order valence-corrected chi connectivity index (χ2v) is 8.10. The number of benzene rings is 2. The minimum absolute atomic E-state index is 0.0304. The molecule has 154 valence electrons. The van der Waals surface area contributed by atoms with E-state index in [9.17, 15) is 13.6 Å². The van der Waals surface area contributed by atoms with E-state index in [1.54, 1.807) is 18.2 Å². The zero-order chi connectivity index (χ0) is 20.4. The highest BCUT2D eigenvalue weighted by Gasteiger charge is 2.30. The Morgan fingerprint density at radius 3 is 2.59 bits per heavy atom. The first-order valence-electron chi connectivity index (χ1n) is 10.0. The molecule has 2 aliphatic heterocycles. The third-order valence-electron chi connectivity index (χ3n) is 5.82. The van der Waals surface area contributed by atoms with Gasteiger partial charge in [0, 0.05) is 37.6 Å². The fourth-order valence-corrected chi connectivity index (χ4v) is 4.35. The van der Waals surface area contributed by atoms with Crippen molar-refractivity contribution in [3.8, 4) is 0 Å². The number of fused-ring (bicyclic) bond motifs is 1. The molecule has 0 bridgehead atoms. The lowest BCUT2D eigenvalue weighted by Crippen LogP contribution is -2.46. The van der Waals surface area contributed by atoms with Crippen molar-refractivity contribution in [2.45, 2.75) is 25.2 Å². The minimum Gasteiger partial charge on any atom is -0.369 e. The average Bonchev–Trinajstić information content (AvgIpc) is 3.02. The first-order chi connectivity index (χ1) is 14.0. The van der Waals surface area contributed by atoms with Gasteiger partial charge in [0.15, 0.2) is 0 Å². The minimum atomic E-state index is -0.393. The van der Waals surface area contributed by atoms with Gasteiger partial charge in [0.05, 0.1) is 10.9 Å². The Bertz CT molecular complexity index is 900. The highest BCUT2D eigenvalue weighted by atomic mass is 35.5. The molecule has 0 spiro atoms. The molecule has 0 saturated carbocycles. The summed E-state index contributed by atoms with van der Waals surface area (Å²) in [7, 11) is 0. The van der Waals surface area contributed by atoms with Crippen LogP contribution in [0, 0.1) is 11.6 Å². The van der Waals surface area contributed by atoms with Crippen molar-refractivity contribution in [2.24, 2.45) is 0 Å². The zero-order valence-electron chi connectivity index (χ0n) is 16.1. The highest BCUT2D eigenvalue weighted by molar-refractivity contribution is 6.31. The van der Waals surface area contributed by atoms with Crippen LogP contribution in [0.4, 0.5) is 20.2 Å². The SMILES string of the molecule is O=C1Nc2ccc(F)cc2C1CCCCN1CCN(c2ccc(F)c(Cl)c2)CC1. The molecule has 1 unspecified atom stereocenters. The van der Waals surface area contributed by atoms with Crippen LogP contribution in [0.2, 0.25) is 5.02 Å². The van der Waals surface area contributed by atoms with Gasteiger partial charge in [-0.05, 0) is 61.3 Å². The molecule has 2 aromatic rings. The predicted octanol–water partition coefficient (Wildman–Crippen LogP) is 4.65. The van der Waals surface area contributed by atoms with Gasteiger partial charge in [0.1, 0.15) is 11.6 Å². The molecule has 2 heterocycles. The lowest BCUT2D eigenvalue weighted by Gasteiger charge is -2.36. The number of carbonyl (C=O) groups is 1. The summed E-state index contributed by atoms with van der Waals surface area (Å²) in [5.74, 6) is -0.973. The molecule has 1 atom stereocenters. The maximum Gasteiger partial charge on any atom is 0.232 e. The largest absolute Gasteiger partial charge is 0.369 e. The first-order valence-corrected chi connectivity index (χ1v) is 10.4. The number of amides is 1. The number of nitrogens with zero attached hydrogens (tertiary/aromatic N) is 2. The van der Waals surface area contributed by atoms with Gasteiger partial charge in [0.25, 0.3) is 0 Å². The molecular weight excluding hydrogens is 396 g/mol. The Morgan fingerprint density at radius 1 is 1.03 bits per heavy atom. The summed E-state index contributed by atoms with van der Waals surface area (Å²) in [6, 6.07) is 9.34. The van der Waals surface area contributed by atoms with E-state index in [2.05, 4.69) is 15.1 Å². The Hall–Kier alpha value is -2.18. The van der Waals surface area contributed by atoms with Crippen molar-refractivity contribution in [1.82, 2.24) is 4.90 Å². The van der Waals surface area contributed by atoms with Crippen molar-refractivity contribution < 1.29 is 13.6 Å². The topological polar surface area (TPSA) is 35.6 Å². The summed E-state index contributed by atoms with van der Waals surface area (Å²) in [6.07, 6.45) is 2.65. The van der Waals surface area contributed by atoms with Gasteiger partial charge in [-0.3, -0.25) is 9.69 Å². The molecule has 0 aliphatic carbocycles. The Balaban J connectivity index is 1.21. The van der Waals surface area contributed by atoms with Gasteiger partial charge in [0.2, 0.25) is 5.91 Å². The van der Waals surface area contributed by atoms with Gasteiger partial charge in [-0.2, -0.15) is 0 Å². The molecule has 2 aromatic carbocycles. The standard InChI is InChI=1S/C22H24ClF2N3O/c23-19-14-16(5-6-20(19)25)28-11-9-27(10-12-28)8-2-1-3-17-18-13-15(24)4-7-21(18)26-22(17)29/h4-7,13-14,17H,1-3,8-12H2,(H,26,29). The van der Waals surface area contributed by atoms with Crippen LogP contribution in [0.25, 0.3) is 0 Å². The molecule has 4 rings (SSSR count). The van der Waals surface area contributed by atoms with Crippen molar-refractivity contribution in [3.05, 3.63) is 58.6 Å². The second kappa shape index (κ2) is 8.67. The van der Waals surface area contributed by atoms with Crippen molar-refractivity contribution >= 4 is 28.9 Å². The normalized spacial score (nSPS) is 19.3. The van der Waals surface area contributed by atoms with Gasteiger partial charge in [-0.15, -0.1) is 0 Å². The number of rotatable bonds is 6. The van der Waals surface area contributed by atoms with E-state index in [0.717, 1.165) is 68.9 Å². The van der Waals surface area contributed by atoms with Gasteiger partial charge in [-0.25, -0.2) is 8.78 Å². The summed E-state index contributed by atoms with van der Waals surface area (Å²) in [6.45, 7) is 4.60. The summed E-state index contributed by atoms with van der Waals surface area (Å²) >= 11 is 5.89. The molecule has 0 radical (unpaired) electrons. The molecule has 4 nitrogen and oxygen atoms in total. The smallest absolute Gasteiger partial charge is 0.232 e. The maximum atomic E-state index is 13.5. The molecule has 1 saturated heterocycles. The fourth-order valence-electron chi connectivity index (χ4n) is 4.18. The third kappa shape index (κ3) is 4.54. The van der Waals surface area contributed by atoms with Crippen LogP contribution < -0.4 is 10.2 Å². The summed E-state index contributed by atoms with van der Waals surface area (Å²) in [5.41, 5.74) is 2.47. The highest BCUT2D eigenvalue weighted by Crippen LogP contribution is 2.36. The molecule has 29 heavy (non-hydrogen) atoms. The molecule has 1 amide bonds. The van der Waals surface area contributed by atoms with Crippen molar-refractivity contribution in [3.63, 3.8) is 0 Å². The number of piperazine rings is 1. The van der Waals surface area contributed by atoms with Gasteiger partial charge in [-0.1, -0.05) is 18.0 Å². The monoisotopic (exact) mass is 419 g/mol. The van der Waals surface area contributed by atoms with Crippen LogP contribution in [-0.2, 0) is 4.79 Å². The van der Waals surface area contributed by atoms with Crippen LogP contribution in [0.3, 0.4) is 0 Å². The maximum absolute atomic E-state index is 13.5. The lowest BCUT2D eigenvalue weighted by atomic mass is 9.95. The van der Waals surface area contributed by atoms with Gasteiger partial charge >= 0.3 is 0 Å². The Kier molecular flexibility index (Phi) is 6.01. The van der Waals surface area contributed by atoms with E-state index < -0.39 is 5.82 Å². The first kappa shape index (κ1) is 20.1. The van der Waals surface area contributed by atoms with Crippen LogP contribution in [0.1, 0.15) is 30.7 Å². The van der Waals surface area contributed by atoms with E-state index in [-0.39, 0.29) is 22.7 Å². The number of hydrogen-bond donors (Lipinski definition) is 1. The van der Waals surface area contributed by atoms with E-state index in [4.69, 9.17) is 11.6 Å². The summed E-state index contributed by atoms with van der Waals surface area (Å²) < 4.78 is 26.9. The lowest BCUT2D eigenvalue weighted by molar-refractivity contribution is -0.117. The van der Waals surface area contributed by atoms with Crippen LogP contribution in [0.15, 0.2) is 36.4 Å². The summed E-state index contributed by atoms with van der Waals surface area (Å²) in [4.78, 5) is 16.8. The average molecular weight is 420 g/mol. The molecule has 0 aromatic heterocycles. The predicted molar refractivity (Wildman–Crippen MR) is 112 cm³/mol. The van der Waals surface area contributed by atoms with E-state index in [1.807, 2.05) is 0 Å². The molecule has 2 aliphatic rings. The molecular formula is C22H24ClF2N3O. The number of carbonyl (C=O) groups excluding carboxylic acids is 1. The number of nitrogens with one attached hydrogen (secondary N) is 1. The quantitative estimate of drug-likeness (QED) is 0.692. The number of anilines is 2. The Labute approximate surface area is 174 Å². The van der Waals surface area contributed by atoms with Crippen LogP contribution in [-0.4, -0.2) is 43.5 Å². The Morgan fingerprint density at radius 2 is 1.83 bits per heavy atom. The molecule has 1 N–H and O–H groups in total. The van der Waals surface area contributed by atoms with Crippen LogP contribution >= 0.6 is 11.6 Å². The fraction of sp³-hybridized carbons (Fsp3) is 0.409. The second-order valence-electron chi connectivity index (χ2n) is 7.70. The number of halogens is 3. The van der Waals surface area contributed by atoms with E-state index in [1.165, 1.54) is 18.2 Å². The number of unbranched alkanes of at least 4 members (excludes halogenated alkanes) is 1. The summed E-state index contributed by atoms with van der Waals surface area (Å²) in [5, 5.41) is 2.99. The number of hydrogen-bond acceptors (Lipinski definition) is 3. The van der Waals surface area contributed by atoms with Crippen molar-refractivity contribution in [1.29, 1.82) is 0 Å². The zero-order valence-corrected chi connectivity index (χ0v) is 16.9. The molecule has 7 heteroatoms. The van der Waals surface area contributed by atoms with E-state index >= 15 is 0 Å². The van der Waals surface area contributed by atoms with E-state index in [0.29, 0.717) is 0 Å². The van der Waals surface area contributed by atoms with Gasteiger partial charge < -0.3 is 10.2 Å². The van der Waals surface area contributed by atoms with Crippen molar-refractivity contribution in [2.75, 3.05) is 42.9 Å². The van der Waals surface area contributed by atoms with Crippen LogP contribution in [0.5, 0.6) is 0 Å².